The molecule has 196 valence electrons. The highest BCUT2D eigenvalue weighted by molar-refractivity contribution is 7.99. The van der Waals surface area contributed by atoms with Crippen LogP contribution in [0.2, 0.25) is 0 Å². The van der Waals surface area contributed by atoms with E-state index in [1.807, 2.05) is 54.9 Å². The van der Waals surface area contributed by atoms with Crippen LogP contribution in [-0.2, 0) is 5.41 Å². The third kappa shape index (κ3) is 5.09. The van der Waals surface area contributed by atoms with Crippen molar-refractivity contribution in [3.63, 3.8) is 0 Å². The van der Waals surface area contributed by atoms with Crippen LogP contribution in [0.4, 0.5) is 4.39 Å². The Morgan fingerprint density at radius 1 is 0.947 bits per heavy atom. The maximum Gasteiger partial charge on any atom is 0.172 e. The molecule has 0 unspecified atom stereocenters. The van der Waals surface area contributed by atoms with Crippen LogP contribution in [0, 0.1) is 5.82 Å². The molecule has 3 aromatic carbocycles. The minimum absolute atomic E-state index is 0.281. The summed E-state index contributed by atoms with van der Waals surface area (Å²) in [6.07, 6.45) is 3.81. The van der Waals surface area contributed by atoms with E-state index < -0.39 is 5.41 Å². The van der Waals surface area contributed by atoms with Gasteiger partial charge < -0.3 is 19.2 Å². The number of aromatic amines is 1. The molecule has 0 spiro atoms. The maximum atomic E-state index is 13.8. The van der Waals surface area contributed by atoms with Crippen LogP contribution >= 0.6 is 11.8 Å². The van der Waals surface area contributed by atoms with Gasteiger partial charge in [-0.3, -0.25) is 4.57 Å². The Morgan fingerprint density at radius 3 is 2.50 bits per heavy atom. The largest absolute Gasteiger partial charge is 0.493 e. The van der Waals surface area contributed by atoms with Crippen molar-refractivity contribution in [1.82, 2.24) is 14.5 Å². The predicted octanol–water partition coefficient (Wildman–Crippen LogP) is 7.01. The fraction of sp³-hybridized carbons (Fsp3) is 0.233. The van der Waals surface area contributed by atoms with Gasteiger partial charge in [-0.2, -0.15) is 0 Å². The summed E-state index contributed by atoms with van der Waals surface area (Å²) >= 11 is 1.60. The van der Waals surface area contributed by atoms with Crippen LogP contribution in [0.5, 0.6) is 17.2 Å². The highest BCUT2D eigenvalue weighted by Gasteiger charge is 2.30. The molecule has 0 aliphatic carbocycles. The zero-order chi connectivity index (χ0) is 26.7. The fourth-order valence-electron chi connectivity index (χ4n) is 4.50. The number of nitrogens with one attached hydrogen (secondary N) is 1. The van der Waals surface area contributed by atoms with E-state index in [1.165, 1.54) is 12.1 Å². The lowest BCUT2D eigenvalue weighted by Crippen LogP contribution is -2.23. The van der Waals surface area contributed by atoms with Crippen LogP contribution < -0.4 is 14.2 Å². The van der Waals surface area contributed by atoms with Crippen LogP contribution in [0.3, 0.4) is 0 Å². The van der Waals surface area contributed by atoms with Crippen LogP contribution in [0.1, 0.15) is 25.1 Å². The van der Waals surface area contributed by atoms with Crippen molar-refractivity contribution in [3.05, 3.63) is 96.2 Å². The molecular formula is C30H30FN3O3S. The van der Waals surface area contributed by atoms with E-state index in [-0.39, 0.29) is 5.82 Å². The van der Waals surface area contributed by atoms with E-state index in [2.05, 4.69) is 23.4 Å². The number of methoxy groups -OCH3 is 2. The summed E-state index contributed by atoms with van der Waals surface area (Å²) in [5.41, 5.74) is 3.49. The number of benzene rings is 3. The van der Waals surface area contributed by atoms with Crippen molar-refractivity contribution < 1.29 is 18.6 Å². The number of nitrogens with zero attached hydrogens (tertiary/aromatic N) is 2. The summed E-state index contributed by atoms with van der Waals surface area (Å²) in [5, 5.41) is 1.92. The van der Waals surface area contributed by atoms with Gasteiger partial charge in [0.15, 0.2) is 16.7 Å². The minimum atomic E-state index is -0.442. The Bertz CT molecular complexity index is 1540. The average molecular weight is 532 g/mol. The number of ether oxygens (including phenoxy) is 3. The van der Waals surface area contributed by atoms with Gasteiger partial charge in [0.05, 0.1) is 32.7 Å². The number of imidazole rings is 1. The average Bonchev–Trinajstić information content (AvgIpc) is 3.58. The van der Waals surface area contributed by atoms with Gasteiger partial charge in [-0.15, -0.1) is 0 Å². The number of thioether (sulfide) groups is 1. The summed E-state index contributed by atoms with van der Waals surface area (Å²) < 4.78 is 32.9. The molecule has 8 heteroatoms. The molecule has 0 amide bonds. The number of fused-ring (bicyclic) bond motifs is 1. The second-order valence-corrected chi connectivity index (χ2v) is 10.4. The summed E-state index contributed by atoms with van der Waals surface area (Å²) in [6, 6.07) is 20.5. The molecule has 5 rings (SSSR count). The lowest BCUT2D eigenvalue weighted by atomic mass is 9.81. The first kappa shape index (κ1) is 25.7. The van der Waals surface area contributed by atoms with Crippen LogP contribution in [0.25, 0.3) is 16.6 Å². The lowest BCUT2D eigenvalue weighted by molar-refractivity contribution is 0.344. The molecule has 2 heterocycles. The minimum Gasteiger partial charge on any atom is -0.493 e. The number of hydrogen-bond acceptors (Lipinski definition) is 5. The highest BCUT2D eigenvalue weighted by Crippen LogP contribution is 2.39. The molecule has 0 fully saturated rings. The molecule has 1 N–H and O–H groups in total. The number of rotatable bonds is 10. The molecule has 38 heavy (non-hydrogen) atoms. The Morgan fingerprint density at radius 2 is 1.74 bits per heavy atom. The summed E-state index contributed by atoms with van der Waals surface area (Å²) in [5.74, 6) is 2.58. The van der Waals surface area contributed by atoms with E-state index >= 15 is 0 Å². The quantitative estimate of drug-likeness (QED) is 0.155. The number of H-pyrrole nitrogens is 1. The summed E-state index contributed by atoms with van der Waals surface area (Å²) in [6.45, 7) is 4.80. The Balaban J connectivity index is 1.41. The summed E-state index contributed by atoms with van der Waals surface area (Å²) in [4.78, 5) is 7.97. The van der Waals surface area contributed by atoms with Crippen molar-refractivity contribution in [2.45, 2.75) is 24.4 Å². The topological polar surface area (TPSA) is 61.3 Å². The molecule has 0 atom stereocenters. The van der Waals surface area contributed by atoms with Gasteiger partial charge in [0.25, 0.3) is 0 Å². The van der Waals surface area contributed by atoms with E-state index in [1.54, 1.807) is 38.1 Å². The molecule has 0 bridgehead atoms. The van der Waals surface area contributed by atoms with Crippen molar-refractivity contribution in [2.24, 2.45) is 0 Å². The zero-order valence-electron chi connectivity index (χ0n) is 21.8. The van der Waals surface area contributed by atoms with Gasteiger partial charge >= 0.3 is 0 Å². The van der Waals surface area contributed by atoms with Gasteiger partial charge in [0.2, 0.25) is 0 Å². The van der Waals surface area contributed by atoms with E-state index in [9.17, 15) is 4.39 Å². The van der Waals surface area contributed by atoms with Gasteiger partial charge in [-0.1, -0.05) is 31.7 Å². The molecule has 6 nitrogen and oxygen atoms in total. The molecular weight excluding hydrogens is 501 g/mol. The van der Waals surface area contributed by atoms with Crippen LogP contribution in [-0.4, -0.2) is 41.1 Å². The standard InChI is InChI=1S/C30H30FN3O3S/c1-30(2,21-5-12-26(35-3)27(18-21)36-4)28-19-33-29(34(28)23-8-6-22(31)7-9-23)38-16-15-37-24-10-11-25-20(17-24)13-14-32-25/h5-14,17-19,32H,15-16H2,1-4H3. The summed E-state index contributed by atoms with van der Waals surface area (Å²) in [7, 11) is 3.25. The Kier molecular flexibility index (Phi) is 7.33. The highest BCUT2D eigenvalue weighted by atomic mass is 32.2. The molecule has 0 aliphatic heterocycles. The Labute approximate surface area is 225 Å². The third-order valence-electron chi connectivity index (χ3n) is 6.67. The normalized spacial score (nSPS) is 11.6. The van der Waals surface area contributed by atoms with Crippen molar-refractivity contribution in [2.75, 3.05) is 26.6 Å². The van der Waals surface area contributed by atoms with Gasteiger partial charge in [0.1, 0.15) is 11.6 Å². The monoisotopic (exact) mass is 531 g/mol. The third-order valence-corrected chi connectivity index (χ3v) is 7.58. The van der Waals surface area contributed by atoms with E-state index in [4.69, 9.17) is 19.2 Å². The first-order chi connectivity index (χ1) is 18.4. The van der Waals surface area contributed by atoms with Crippen molar-refractivity contribution >= 4 is 22.7 Å². The molecule has 0 radical (unpaired) electrons. The molecule has 5 aromatic rings. The molecule has 2 aromatic heterocycles. The first-order valence-electron chi connectivity index (χ1n) is 12.3. The predicted molar refractivity (Wildman–Crippen MR) is 150 cm³/mol. The fourth-order valence-corrected chi connectivity index (χ4v) is 5.31. The van der Waals surface area contributed by atoms with Gasteiger partial charge in [0, 0.05) is 34.0 Å². The second-order valence-electron chi connectivity index (χ2n) is 9.36. The van der Waals surface area contributed by atoms with E-state index in [0.717, 1.165) is 38.8 Å². The van der Waals surface area contributed by atoms with E-state index in [0.29, 0.717) is 23.9 Å². The number of aromatic nitrogens is 3. The number of hydrogen-bond donors (Lipinski definition) is 1. The van der Waals surface area contributed by atoms with Crippen LogP contribution in [0.15, 0.2) is 84.3 Å². The van der Waals surface area contributed by atoms with Gasteiger partial charge in [-0.05, 0) is 66.2 Å². The zero-order valence-corrected chi connectivity index (χ0v) is 22.6. The second kappa shape index (κ2) is 10.8. The number of halogens is 1. The lowest BCUT2D eigenvalue weighted by Gasteiger charge is -2.28. The molecule has 0 saturated carbocycles. The maximum absolute atomic E-state index is 13.8. The van der Waals surface area contributed by atoms with Crippen molar-refractivity contribution in [3.8, 4) is 22.9 Å². The van der Waals surface area contributed by atoms with Gasteiger partial charge in [-0.25, -0.2) is 9.37 Å². The molecule has 0 saturated heterocycles. The Hall–Kier alpha value is -3.91. The smallest absolute Gasteiger partial charge is 0.172 e. The van der Waals surface area contributed by atoms with Crippen molar-refractivity contribution in [1.29, 1.82) is 0 Å². The SMILES string of the molecule is COc1ccc(C(C)(C)c2cnc(SCCOc3ccc4[nH]ccc4c3)n2-c2ccc(F)cc2)cc1OC. The molecule has 0 aliphatic rings. The first-order valence-corrected chi connectivity index (χ1v) is 13.3.